The number of halogens is 1. The van der Waals surface area contributed by atoms with Crippen molar-refractivity contribution in [1.82, 2.24) is 9.21 Å². The van der Waals surface area contributed by atoms with Crippen LogP contribution in [0.5, 0.6) is 0 Å². The second-order valence-corrected chi connectivity index (χ2v) is 10.2. The van der Waals surface area contributed by atoms with Gasteiger partial charge >= 0.3 is 0 Å². The number of benzene rings is 2. The number of carbonyl (C=O) groups excluding carboxylic acids is 1. The van der Waals surface area contributed by atoms with E-state index in [1.165, 1.54) is 18.2 Å². The van der Waals surface area contributed by atoms with E-state index < -0.39 is 10.0 Å². The molecule has 1 heterocycles. The van der Waals surface area contributed by atoms with E-state index in [-0.39, 0.29) is 28.7 Å². The Labute approximate surface area is 177 Å². The summed E-state index contributed by atoms with van der Waals surface area (Å²) in [6.07, 6.45) is 4.60. The zero-order valence-electron chi connectivity index (χ0n) is 17.1. The van der Waals surface area contributed by atoms with E-state index in [0.29, 0.717) is 18.7 Å². The molecule has 1 atom stereocenters. The minimum atomic E-state index is -3.64. The normalized spacial score (nSPS) is 20.1. The largest absolute Gasteiger partial charge is 0.331 e. The Bertz CT molecular complexity index is 1020. The molecule has 160 valence electrons. The highest BCUT2D eigenvalue weighted by atomic mass is 32.2. The minimum Gasteiger partial charge on any atom is -0.331 e. The van der Waals surface area contributed by atoms with E-state index in [1.807, 2.05) is 6.92 Å². The molecule has 0 aromatic heterocycles. The lowest BCUT2D eigenvalue weighted by Gasteiger charge is -2.32. The highest BCUT2D eigenvalue weighted by molar-refractivity contribution is 7.89. The molecule has 2 aromatic carbocycles. The smallest absolute Gasteiger partial charge is 0.254 e. The molecule has 0 N–H and O–H groups in total. The summed E-state index contributed by atoms with van der Waals surface area (Å²) in [5, 5.41) is 0. The van der Waals surface area contributed by atoms with E-state index >= 15 is 0 Å². The average Bonchev–Trinajstić information content (AvgIpc) is 3.58. The van der Waals surface area contributed by atoms with Crippen molar-refractivity contribution in [1.29, 1.82) is 0 Å². The van der Waals surface area contributed by atoms with Gasteiger partial charge in [0.25, 0.3) is 5.91 Å². The van der Waals surface area contributed by atoms with Gasteiger partial charge in [0.15, 0.2) is 0 Å². The van der Waals surface area contributed by atoms with Gasteiger partial charge in [0.05, 0.1) is 4.90 Å². The quantitative estimate of drug-likeness (QED) is 0.690. The highest BCUT2D eigenvalue weighted by Gasteiger charge is 2.35. The van der Waals surface area contributed by atoms with Crippen LogP contribution in [-0.2, 0) is 16.6 Å². The number of piperidine rings is 1. The Morgan fingerprint density at radius 3 is 2.50 bits per heavy atom. The molecule has 5 nitrogen and oxygen atoms in total. The van der Waals surface area contributed by atoms with Crippen molar-refractivity contribution < 1.29 is 17.6 Å². The van der Waals surface area contributed by atoms with Crippen LogP contribution >= 0.6 is 0 Å². The monoisotopic (exact) mass is 430 g/mol. The fraction of sp³-hybridized carbons (Fsp3) is 0.435. The fourth-order valence-corrected chi connectivity index (χ4v) is 5.80. The lowest BCUT2D eigenvalue weighted by molar-refractivity contribution is 0.0729. The Morgan fingerprint density at radius 1 is 1.10 bits per heavy atom. The maximum absolute atomic E-state index is 13.3. The summed E-state index contributed by atoms with van der Waals surface area (Å²) in [6, 6.07) is 12.6. The molecule has 0 spiro atoms. The molecular formula is C23H27FN2O3S. The molecule has 2 aromatic rings. The average molecular weight is 431 g/mol. The Morgan fingerprint density at radius 2 is 1.83 bits per heavy atom. The van der Waals surface area contributed by atoms with Crippen molar-refractivity contribution in [3.05, 3.63) is 65.5 Å². The second kappa shape index (κ2) is 8.47. The predicted molar refractivity (Wildman–Crippen MR) is 113 cm³/mol. The third-order valence-electron chi connectivity index (χ3n) is 5.94. The molecule has 4 rings (SSSR count). The summed E-state index contributed by atoms with van der Waals surface area (Å²) in [6.45, 7) is 2.83. The number of amides is 1. The van der Waals surface area contributed by atoms with Gasteiger partial charge < -0.3 is 4.90 Å². The molecule has 30 heavy (non-hydrogen) atoms. The van der Waals surface area contributed by atoms with Crippen LogP contribution in [0, 0.1) is 5.82 Å². The number of hydrogen-bond acceptors (Lipinski definition) is 3. The van der Waals surface area contributed by atoms with E-state index in [0.717, 1.165) is 37.7 Å². The Hall–Kier alpha value is -2.25. The first-order valence-electron chi connectivity index (χ1n) is 10.5. The van der Waals surface area contributed by atoms with Gasteiger partial charge in [-0.3, -0.25) is 4.79 Å². The summed E-state index contributed by atoms with van der Waals surface area (Å²) < 4.78 is 41.1. The lowest BCUT2D eigenvalue weighted by Crippen LogP contribution is -2.42. The van der Waals surface area contributed by atoms with Crippen LogP contribution in [0.1, 0.15) is 54.9 Å². The van der Waals surface area contributed by atoms with E-state index in [1.54, 1.807) is 39.5 Å². The first kappa shape index (κ1) is 21.0. The van der Waals surface area contributed by atoms with Crippen molar-refractivity contribution in [3.63, 3.8) is 0 Å². The number of carbonyl (C=O) groups is 1. The van der Waals surface area contributed by atoms with Crippen molar-refractivity contribution in [3.8, 4) is 0 Å². The van der Waals surface area contributed by atoms with Gasteiger partial charge in [-0.15, -0.1) is 0 Å². The molecule has 1 aliphatic carbocycles. The van der Waals surface area contributed by atoms with Crippen LogP contribution < -0.4 is 0 Å². The molecule has 0 bridgehead atoms. The summed E-state index contributed by atoms with van der Waals surface area (Å²) in [7, 11) is -3.64. The van der Waals surface area contributed by atoms with Crippen LogP contribution in [-0.4, -0.2) is 42.2 Å². The van der Waals surface area contributed by atoms with Crippen LogP contribution in [0.4, 0.5) is 4.39 Å². The number of rotatable bonds is 6. The molecule has 0 radical (unpaired) electrons. The Balaban J connectivity index is 1.58. The third kappa shape index (κ3) is 4.42. The van der Waals surface area contributed by atoms with Gasteiger partial charge in [-0.1, -0.05) is 24.6 Å². The van der Waals surface area contributed by atoms with Crippen molar-refractivity contribution in [2.24, 2.45) is 0 Å². The zero-order chi connectivity index (χ0) is 21.3. The summed E-state index contributed by atoms with van der Waals surface area (Å²) in [5.41, 5.74) is 1.22. The summed E-state index contributed by atoms with van der Waals surface area (Å²) >= 11 is 0. The van der Waals surface area contributed by atoms with Crippen LogP contribution in [0.15, 0.2) is 53.4 Å². The van der Waals surface area contributed by atoms with E-state index in [4.69, 9.17) is 0 Å². The fourth-order valence-electron chi connectivity index (χ4n) is 4.06. The van der Waals surface area contributed by atoms with Crippen molar-refractivity contribution >= 4 is 15.9 Å². The van der Waals surface area contributed by atoms with Gasteiger partial charge in [0.2, 0.25) is 10.0 Å². The molecule has 2 fully saturated rings. The van der Waals surface area contributed by atoms with Crippen LogP contribution in [0.25, 0.3) is 0 Å². The first-order valence-corrected chi connectivity index (χ1v) is 12.0. The van der Waals surface area contributed by atoms with Crippen molar-refractivity contribution in [2.45, 2.75) is 62.6 Å². The standard InChI is InChI=1S/C23H27FN2O3S/c1-17-5-2-3-14-26(17)30(28,29)22-7-4-6-19(15-22)23(27)25(21-12-13-21)16-18-8-10-20(24)11-9-18/h4,6-11,15,17,21H,2-3,5,12-14,16H2,1H3. The van der Waals surface area contributed by atoms with Crippen LogP contribution in [0.3, 0.4) is 0 Å². The maximum atomic E-state index is 13.3. The number of nitrogens with zero attached hydrogens (tertiary/aromatic N) is 2. The maximum Gasteiger partial charge on any atom is 0.254 e. The van der Waals surface area contributed by atoms with Gasteiger partial charge in [0, 0.05) is 30.7 Å². The second-order valence-electron chi connectivity index (χ2n) is 8.28. The van der Waals surface area contributed by atoms with E-state index in [2.05, 4.69) is 0 Å². The van der Waals surface area contributed by atoms with Gasteiger partial charge in [0.1, 0.15) is 5.82 Å². The number of sulfonamides is 1. The molecule has 1 unspecified atom stereocenters. The molecule has 1 saturated heterocycles. The van der Waals surface area contributed by atoms with Crippen molar-refractivity contribution in [2.75, 3.05) is 6.54 Å². The minimum absolute atomic E-state index is 0.0375. The highest BCUT2D eigenvalue weighted by Crippen LogP contribution is 2.31. The molecule has 1 saturated carbocycles. The molecule has 1 amide bonds. The SMILES string of the molecule is CC1CCCCN1S(=O)(=O)c1cccc(C(=O)N(Cc2ccc(F)cc2)C2CC2)c1. The first-order chi connectivity index (χ1) is 14.4. The molecule has 2 aliphatic rings. The van der Waals surface area contributed by atoms with Gasteiger partial charge in [-0.2, -0.15) is 4.31 Å². The number of hydrogen-bond donors (Lipinski definition) is 0. The van der Waals surface area contributed by atoms with Gasteiger partial charge in [-0.05, 0) is 68.5 Å². The lowest BCUT2D eigenvalue weighted by atomic mass is 10.1. The molecule has 7 heteroatoms. The van der Waals surface area contributed by atoms with Gasteiger partial charge in [-0.25, -0.2) is 12.8 Å². The Kier molecular flexibility index (Phi) is 5.93. The third-order valence-corrected chi connectivity index (χ3v) is 7.95. The summed E-state index contributed by atoms with van der Waals surface area (Å²) in [4.78, 5) is 15.2. The summed E-state index contributed by atoms with van der Waals surface area (Å²) in [5.74, 6) is -0.501. The molecule has 1 aliphatic heterocycles. The van der Waals surface area contributed by atoms with E-state index in [9.17, 15) is 17.6 Å². The zero-order valence-corrected chi connectivity index (χ0v) is 17.9. The van der Waals surface area contributed by atoms with Crippen LogP contribution in [0.2, 0.25) is 0 Å². The molecular weight excluding hydrogens is 403 g/mol. The topological polar surface area (TPSA) is 57.7 Å². The predicted octanol–water partition coefficient (Wildman–Crippen LogP) is 4.19.